The van der Waals surface area contributed by atoms with Crippen molar-refractivity contribution < 1.29 is 9.47 Å². The highest BCUT2D eigenvalue weighted by Gasteiger charge is 2.53. The zero-order valence-electron chi connectivity index (χ0n) is 28.3. The first-order chi connectivity index (χ1) is 23.7. The first kappa shape index (κ1) is 28.5. The molecule has 1 spiro atoms. The van der Waals surface area contributed by atoms with Crippen LogP contribution in [0.5, 0.6) is 11.5 Å². The third kappa shape index (κ3) is 4.10. The second-order valence-electron chi connectivity index (χ2n) is 15.3. The van der Waals surface area contributed by atoms with E-state index in [4.69, 9.17) is 9.47 Å². The van der Waals surface area contributed by atoms with Crippen molar-refractivity contribution in [1.82, 2.24) is 9.13 Å². The highest BCUT2D eigenvalue weighted by Crippen LogP contribution is 2.54. The number of benzene rings is 6. The molecular weight excluding hydrogens is 601 g/mol. The Morgan fingerprint density at radius 2 is 0.755 bits per heavy atom. The minimum atomic E-state index is -0.768. The highest BCUT2D eigenvalue weighted by atomic mass is 16.7. The van der Waals surface area contributed by atoms with Crippen molar-refractivity contribution in [2.75, 3.05) is 0 Å². The molecule has 49 heavy (non-hydrogen) atoms. The van der Waals surface area contributed by atoms with Gasteiger partial charge in [0, 0.05) is 67.7 Å². The molecule has 0 saturated carbocycles. The van der Waals surface area contributed by atoms with Crippen molar-refractivity contribution >= 4 is 43.6 Å². The van der Waals surface area contributed by atoms with E-state index in [0.29, 0.717) is 0 Å². The maximum Gasteiger partial charge on any atom is 0.252 e. The zero-order chi connectivity index (χ0) is 33.1. The number of fused-ring (bicyclic) bond motifs is 8. The van der Waals surface area contributed by atoms with Crippen molar-refractivity contribution in [3.8, 4) is 22.9 Å². The lowest BCUT2D eigenvalue weighted by Gasteiger charge is -2.51. The van der Waals surface area contributed by atoms with Crippen LogP contribution in [0.4, 0.5) is 0 Å². The summed E-state index contributed by atoms with van der Waals surface area (Å²) in [5.41, 5.74) is 9.21. The molecule has 4 heteroatoms. The van der Waals surface area contributed by atoms with Gasteiger partial charge in [-0.1, -0.05) is 100 Å². The first-order valence-electron chi connectivity index (χ1n) is 17.4. The molecule has 4 nitrogen and oxygen atoms in total. The van der Waals surface area contributed by atoms with Gasteiger partial charge < -0.3 is 18.6 Å². The fourth-order valence-electron chi connectivity index (χ4n) is 9.12. The number of para-hydroxylation sites is 4. The summed E-state index contributed by atoms with van der Waals surface area (Å²) in [4.78, 5) is 0. The first-order valence-corrected chi connectivity index (χ1v) is 17.4. The van der Waals surface area contributed by atoms with E-state index in [2.05, 4.69) is 170 Å². The van der Waals surface area contributed by atoms with Gasteiger partial charge in [0.05, 0.1) is 22.1 Å². The number of aromatic nitrogens is 2. The predicted octanol–water partition coefficient (Wildman–Crippen LogP) is 11.4. The lowest BCUT2D eigenvalue weighted by molar-refractivity contribution is -0.166. The molecule has 4 heterocycles. The molecule has 0 N–H and O–H groups in total. The summed E-state index contributed by atoms with van der Waals surface area (Å²) in [5.74, 6) is 1.04. The molecule has 2 aliphatic heterocycles. The number of hydrogen-bond donors (Lipinski definition) is 0. The average molecular weight is 639 g/mol. The Balaban J connectivity index is 1.05. The van der Waals surface area contributed by atoms with Gasteiger partial charge in [-0.3, -0.25) is 0 Å². The molecule has 0 unspecified atom stereocenters. The second-order valence-corrected chi connectivity index (χ2v) is 15.3. The maximum atomic E-state index is 7.02. The van der Waals surface area contributed by atoms with Crippen molar-refractivity contribution in [1.29, 1.82) is 0 Å². The summed E-state index contributed by atoms with van der Waals surface area (Å²) in [5, 5.41) is 5.07. The SMILES string of the molecule is CC1(C)CC2(CC(C)(C)c3cc(-n4c5ccccc5c5ccccc54)ccc3O2)Oc2ccc(-n3c4ccccc4c4ccccc43)cc21. The smallest absolute Gasteiger partial charge is 0.252 e. The topological polar surface area (TPSA) is 28.3 Å². The quantitative estimate of drug-likeness (QED) is 0.188. The average Bonchev–Trinajstić information content (AvgIpc) is 3.61. The van der Waals surface area contributed by atoms with Gasteiger partial charge in [0.15, 0.2) is 0 Å². The summed E-state index contributed by atoms with van der Waals surface area (Å²) in [7, 11) is 0. The van der Waals surface area contributed by atoms with Crippen molar-refractivity contribution in [3.63, 3.8) is 0 Å². The van der Waals surface area contributed by atoms with E-state index < -0.39 is 5.79 Å². The number of rotatable bonds is 2. The summed E-state index contributed by atoms with van der Waals surface area (Å²) in [6, 6.07) is 48.1. The molecule has 0 radical (unpaired) electrons. The van der Waals surface area contributed by atoms with Gasteiger partial charge in [0.1, 0.15) is 11.5 Å². The van der Waals surface area contributed by atoms with Crippen molar-refractivity contribution in [2.45, 2.75) is 57.2 Å². The fraction of sp³-hybridized carbons (Fsp3) is 0.200. The second kappa shape index (κ2) is 9.79. The third-order valence-corrected chi connectivity index (χ3v) is 11.1. The van der Waals surface area contributed by atoms with Crippen LogP contribution in [0.2, 0.25) is 0 Å². The van der Waals surface area contributed by atoms with E-state index in [1.54, 1.807) is 0 Å². The van der Waals surface area contributed by atoms with E-state index in [0.717, 1.165) is 35.7 Å². The molecule has 0 fully saturated rings. The van der Waals surface area contributed by atoms with Gasteiger partial charge in [0.2, 0.25) is 0 Å². The van der Waals surface area contributed by atoms with Crippen LogP contribution in [0.15, 0.2) is 133 Å². The van der Waals surface area contributed by atoms with Crippen LogP contribution >= 0.6 is 0 Å². The van der Waals surface area contributed by atoms with Crippen LogP contribution in [0.25, 0.3) is 55.0 Å². The monoisotopic (exact) mass is 638 g/mol. The van der Waals surface area contributed by atoms with Crippen LogP contribution in [0.1, 0.15) is 51.7 Å². The summed E-state index contributed by atoms with van der Waals surface area (Å²) in [6.45, 7) is 9.35. The molecular formula is C45H38N2O2. The van der Waals surface area contributed by atoms with Crippen LogP contribution in [-0.4, -0.2) is 14.9 Å². The summed E-state index contributed by atoms with van der Waals surface area (Å²) in [6.07, 6.45) is 1.50. The lowest BCUT2D eigenvalue weighted by Crippen LogP contribution is -2.55. The molecule has 2 aliphatic rings. The molecule has 0 atom stereocenters. The molecule has 8 aromatic rings. The van der Waals surface area contributed by atoms with Crippen LogP contribution in [0.3, 0.4) is 0 Å². The molecule has 0 amide bonds. The number of ether oxygens (including phenoxy) is 2. The van der Waals surface area contributed by atoms with Gasteiger partial charge in [-0.2, -0.15) is 0 Å². The van der Waals surface area contributed by atoms with Crippen LogP contribution in [-0.2, 0) is 10.8 Å². The van der Waals surface area contributed by atoms with E-state index in [1.807, 2.05) is 0 Å². The molecule has 0 saturated heterocycles. The lowest BCUT2D eigenvalue weighted by atomic mass is 9.69. The maximum absolute atomic E-state index is 7.02. The van der Waals surface area contributed by atoms with Gasteiger partial charge in [-0.25, -0.2) is 0 Å². The van der Waals surface area contributed by atoms with Gasteiger partial charge in [-0.05, 0) is 60.7 Å². The normalized spacial score (nSPS) is 17.2. The number of nitrogens with zero attached hydrogens (tertiary/aromatic N) is 2. The minimum absolute atomic E-state index is 0.182. The highest BCUT2D eigenvalue weighted by molar-refractivity contribution is 6.10. The molecule has 0 bridgehead atoms. The van der Waals surface area contributed by atoms with Crippen LogP contribution < -0.4 is 9.47 Å². The Hall–Kier alpha value is -5.48. The summed E-state index contributed by atoms with van der Waals surface area (Å²) >= 11 is 0. The zero-order valence-corrected chi connectivity index (χ0v) is 28.3. The van der Waals surface area contributed by atoms with Crippen LogP contribution in [0, 0.1) is 0 Å². The molecule has 240 valence electrons. The largest absolute Gasteiger partial charge is 0.452 e. The molecule has 0 aliphatic carbocycles. The van der Waals surface area contributed by atoms with Crippen molar-refractivity contribution in [2.24, 2.45) is 0 Å². The Labute approximate surface area is 286 Å². The van der Waals surface area contributed by atoms with Gasteiger partial charge in [-0.15, -0.1) is 0 Å². The summed E-state index contributed by atoms with van der Waals surface area (Å²) < 4.78 is 18.8. The van der Waals surface area contributed by atoms with Crippen molar-refractivity contribution in [3.05, 3.63) is 145 Å². The van der Waals surface area contributed by atoms with E-state index in [9.17, 15) is 0 Å². The standard InChI is InChI=1S/C45H38N2O2/c1-43(2)27-45(48-41-23-21-29(25-35(41)43)46-37-17-9-5-13-31(37)32-14-6-10-18-38(32)46)28-44(3,4)36-26-30(22-24-42(36)49-45)47-39-19-11-7-15-33(39)34-16-8-12-20-40(34)47/h5-26H,27-28H2,1-4H3. The Morgan fingerprint density at radius 1 is 0.429 bits per heavy atom. The number of hydrogen-bond acceptors (Lipinski definition) is 2. The third-order valence-electron chi connectivity index (χ3n) is 11.1. The Morgan fingerprint density at radius 3 is 1.10 bits per heavy atom. The fourth-order valence-corrected chi connectivity index (χ4v) is 9.12. The molecule has 10 rings (SSSR count). The molecule has 2 aromatic heterocycles. The van der Waals surface area contributed by atoms with Gasteiger partial charge >= 0.3 is 0 Å². The molecule has 6 aromatic carbocycles. The van der Waals surface area contributed by atoms with E-state index >= 15 is 0 Å². The Bertz CT molecular complexity index is 2350. The van der Waals surface area contributed by atoms with E-state index in [-0.39, 0.29) is 10.8 Å². The van der Waals surface area contributed by atoms with E-state index in [1.165, 1.54) is 54.7 Å². The predicted molar refractivity (Wildman–Crippen MR) is 201 cm³/mol. The minimum Gasteiger partial charge on any atom is -0.452 e. The van der Waals surface area contributed by atoms with Gasteiger partial charge in [0.25, 0.3) is 5.79 Å². The Kier molecular flexibility index (Phi) is 5.70.